The molecule has 3 nitrogen and oxygen atoms in total. The van der Waals surface area contributed by atoms with Gasteiger partial charge in [-0.15, -0.1) is 0 Å². The molecule has 1 rings (SSSR count). The van der Waals surface area contributed by atoms with Gasteiger partial charge in [-0.25, -0.2) is 0 Å². The van der Waals surface area contributed by atoms with Crippen LogP contribution in [0.4, 0.5) is 0 Å². The van der Waals surface area contributed by atoms with E-state index in [1.54, 1.807) is 11.8 Å². The molecule has 0 aromatic carbocycles. The van der Waals surface area contributed by atoms with Crippen LogP contribution in [0.15, 0.2) is 0 Å². The third-order valence-corrected chi connectivity index (χ3v) is 2.77. The minimum atomic E-state index is -0.379. The molecule has 1 heterocycles. The third kappa shape index (κ3) is 1.78. The van der Waals surface area contributed by atoms with E-state index < -0.39 is 0 Å². The maximum Gasteiger partial charge on any atom is 0.219 e. The van der Waals surface area contributed by atoms with Gasteiger partial charge in [0, 0.05) is 20.0 Å². The van der Waals surface area contributed by atoms with Gasteiger partial charge in [-0.1, -0.05) is 13.8 Å². The fourth-order valence-corrected chi connectivity index (χ4v) is 1.42. The zero-order chi connectivity index (χ0) is 9.35. The van der Waals surface area contributed by atoms with Gasteiger partial charge in [0.1, 0.15) is 0 Å². The highest BCUT2D eigenvalue weighted by Gasteiger charge is 2.34. The van der Waals surface area contributed by atoms with E-state index >= 15 is 0 Å². The Morgan fingerprint density at radius 1 is 1.58 bits per heavy atom. The van der Waals surface area contributed by atoms with Crippen LogP contribution in [0, 0.1) is 5.41 Å². The number of rotatable bonds is 0. The van der Waals surface area contributed by atoms with Crippen molar-refractivity contribution in [2.75, 3.05) is 13.1 Å². The van der Waals surface area contributed by atoms with Crippen LogP contribution in [-0.4, -0.2) is 35.1 Å². The minimum absolute atomic E-state index is 0.0358. The van der Waals surface area contributed by atoms with Crippen LogP contribution in [-0.2, 0) is 4.79 Å². The summed E-state index contributed by atoms with van der Waals surface area (Å²) in [4.78, 5) is 12.7. The molecule has 1 atom stereocenters. The normalized spacial score (nSPS) is 28.7. The fourth-order valence-electron chi connectivity index (χ4n) is 1.42. The summed E-state index contributed by atoms with van der Waals surface area (Å²) in [6, 6.07) is 0. The molecule has 1 aliphatic rings. The highest BCUT2D eigenvalue weighted by Crippen LogP contribution is 2.30. The molecular formula is C9H17NO2. The molecule has 1 aliphatic heterocycles. The Labute approximate surface area is 73.4 Å². The summed E-state index contributed by atoms with van der Waals surface area (Å²) in [6.07, 6.45) is 0.503. The van der Waals surface area contributed by atoms with Gasteiger partial charge in [-0.2, -0.15) is 0 Å². The van der Waals surface area contributed by atoms with E-state index in [0.29, 0.717) is 6.54 Å². The van der Waals surface area contributed by atoms with E-state index in [1.807, 2.05) is 13.8 Å². The van der Waals surface area contributed by atoms with Crippen molar-refractivity contribution in [1.82, 2.24) is 4.90 Å². The van der Waals surface area contributed by atoms with Crippen molar-refractivity contribution in [3.05, 3.63) is 0 Å². The molecule has 70 valence electrons. The predicted octanol–water partition coefficient (Wildman–Crippen LogP) is 0.626. The van der Waals surface area contributed by atoms with E-state index in [2.05, 4.69) is 0 Å². The monoisotopic (exact) mass is 171 g/mol. The summed E-state index contributed by atoms with van der Waals surface area (Å²) in [5, 5.41) is 9.66. The molecule has 1 unspecified atom stereocenters. The molecule has 1 fully saturated rings. The molecule has 0 aliphatic carbocycles. The van der Waals surface area contributed by atoms with E-state index in [4.69, 9.17) is 0 Å². The lowest BCUT2D eigenvalue weighted by atomic mass is 9.80. The SMILES string of the molecule is CC(=O)N1CCC(C)(C)C(O)C1. The number of hydrogen-bond acceptors (Lipinski definition) is 2. The van der Waals surface area contributed by atoms with E-state index in [-0.39, 0.29) is 17.4 Å². The molecule has 3 heteroatoms. The Kier molecular flexibility index (Phi) is 2.42. The van der Waals surface area contributed by atoms with Crippen molar-refractivity contribution in [3.8, 4) is 0 Å². The average molecular weight is 171 g/mol. The summed E-state index contributed by atoms with van der Waals surface area (Å²) in [5.41, 5.74) is -0.0358. The first-order chi connectivity index (χ1) is 5.43. The number of β-amino-alcohol motifs (C(OH)–C–C–N with tert-alkyl or cyclic N) is 1. The van der Waals surface area contributed by atoms with E-state index in [9.17, 15) is 9.90 Å². The largest absolute Gasteiger partial charge is 0.391 e. The second-order valence-electron chi connectivity index (χ2n) is 4.22. The molecule has 1 saturated heterocycles. The van der Waals surface area contributed by atoms with Crippen LogP contribution in [0.1, 0.15) is 27.2 Å². The van der Waals surface area contributed by atoms with Gasteiger partial charge in [0.25, 0.3) is 0 Å². The number of carbonyl (C=O) groups excluding carboxylic acids is 1. The van der Waals surface area contributed by atoms with Crippen LogP contribution >= 0.6 is 0 Å². The number of nitrogens with zero attached hydrogens (tertiary/aromatic N) is 1. The molecule has 0 radical (unpaired) electrons. The molecule has 1 amide bonds. The van der Waals surface area contributed by atoms with Gasteiger partial charge >= 0.3 is 0 Å². The molecule has 0 spiro atoms. The van der Waals surface area contributed by atoms with Crippen molar-refractivity contribution in [2.45, 2.75) is 33.3 Å². The first kappa shape index (κ1) is 9.52. The van der Waals surface area contributed by atoms with Crippen molar-refractivity contribution in [3.63, 3.8) is 0 Å². The lowest BCUT2D eigenvalue weighted by Gasteiger charge is -2.40. The lowest BCUT2D eigenvalue weighted by Crippen LogP contribution is -2.49. The highest BCUT2D eigenvalue weighted by molar-refractivity contribution is 5.73. The van der Waals surface area contributed by atoms with Gasteiger partial charge < -0.3 is 10.0 Å². The third-order valence-electron chi connectivity index (χ3n) is 2.77. The number of amides is 1. The molecule has 0 aromatic heterocycles. The maximum absolute atomic E-state index is 11.0. The summed E-state index contributed by atoms with van der Waals surface area (Å²) in [6.45, 7) is 6.89. The summed E-state index contributed by atoms with van der Waals surface area (Å²) < 4.78 is 0. The van der Waals surface area contributed by atoms with Crippen molar-refractivity contribution < 1.29 is 9.90 Å². The van der Waals surface area contributed by atoms with Gasteiger partial charge in [0.15, 0.2) is 0 Å². The lowest BCUT2D eigenvalue weighted by molar-refractivity contribution is -0.135. The zero-order valence-electron chi connectivity index (χ0n) is 8.00. The first-order valence-corrected chi connectivity index (χ1v) is 4.37. The number of carbonyl (C=O) groups is 1. The minimum Gasteiger partial charge on any atom is -0.391 e. The molecule has 12 heavy (non-hydrogen) atoms. The van der Waals surface area contributed by atoms with Crippen LogP contribution in [0.2, 0.25) is 0 Å². The van der Waals surface area contributed by atoms with Crippen LogP contribution in [0.5, 0.6) is 0 Å². The van der Waals surface area contributed by atoms with Crippen LogP contribution < -0.4 is 0 Å². The number of hydrogen-bond donors (Lipinski definition) is 1. The highest BCUT2D eigenvalue weighted by atomic mass is 16.3. The van der Waals surface area contributed by atoms with Crippen LogP contribution in [0.25, 0.3) is 0 Å². The summed E-state index contributed by atoms with van der Waals surface area (Å²) in [7, 11) is 0. The van der Waals surface area contributed by atoms with Gasteiger partial charge in [-0.3, -0.25) is 4.79 Å². The number of aliphatic hydroxyl groups excluding tert-OH is 1. The smallest absolute Gasteiger partial charge is 0.219 e. The van der Waals surface area contributed by atoms with Gasteiger partial charge in [0.05, 0.1) is 6.10 Å². The fraction of sp³-hybridized carbons (Fsp3) is 0.889. The Hall–Kier alpha value is -0.570. The second-order valence-corrected chi connectivity index (χ2v) is 4.22. The number of aliphatic hydroxyl groups is 1. The van der Waals surface area contributed by atoms with Crippen LogP contribution in [0.3, 0.4) is 0 Å². The van der Waals surface area contributed by atoms with Crippen molar-refractivity contribution >= 4 is 5.91 Å². The predicted molar refractivity (Wildman–Crippen MR) is 46.7 cm³/mol. The Morgan fingerprint density at radius 2 is 2.17 bits per heavy atom. The zero-order valence-corrected chi connectivity index (χ0v) is 8.00. The molecular weight excluding hydrogens is 154 g/mol. The van der Waals surface area contributed by atoms with Gasteiger partial charge in [-0.05, 0) is 11.8 Å². The van der Waals surface area contributed by atoms with E-state index in [1.165, 1.54) is 0 Å². The number of piperidine rings is 1. The molecule has 0 saturated carbocycles. The maximum atomic E-state index is 11.0. The second kappa shape index (κ2) is 3.05. The first-order valence-electron chi connectivity index (χ1n) is 4.37. The summed E-state index contributed by atoms with van der Waals surface area (Å²) in [5.74, 6) is 0.0598. The molecule has 0 bridgehead atoms. The standard InChI is InChI=1S/C9H17NO2/c1-7(11)10-5-4-9(2,3)8(12)6-10/h8,12H,4-6H2,1-3H3. The Bertz CT molecular complexity index is 189. The molecule has 1 N–H and O–H groups in total. The van der Waals surface area contributed by atoms with Crippen molar-refractivity contribution in [2.24, 2.45) is 5.41 Å². The Balaban J connectivity index is 2.58. The van der Waals surface area contributed by atoms with E-state index in [0.717, 1.165) is 13.0 Å². The van der Waals surface area contributed by atoms with Gasteiger partial charge in [0.2, 0.25) is 5.91 Å². The van der Waals surface area contributed by atoms with Crippen molar-refractivity contribution in [1.29, 1.82) is 0 Å². The topological polar surface area (TPSA) is 40.5 Å². The molecule has 0 aromatic rings. The quantitative estimate of drug-likeness (QED) is 0.580. The summed E-state index contributed by atoms with van der Waals surface area (Å²) >= 11 is 0. The Morgan fingerprint density at radius 3 is 2.58 bits per heavy atom. The average Bonchev–Trinajstić information content (AvgIpc) is 1.94. The number of likely N-dealkylation sites (tertiary alicyclic amines) is 1.